The summed E-state index contributed by atoms with van der Waals surface area (Å²) in [6.07, 6.45) is 4.30. The molecule has 1 saturated carbocycles. The molecule has 3 aromatic heterocycles. The second kappa shape index (κ2) is 7.31. The van der Waals surface area contributed by atoms with Gasteiger partial charge in [0.2, 0.25) is 11.9 Å². The summed E-state index contributed by atoms with van der Waals surface area (Å²) in [5.74, 6) is 0.131. The van der Waals surface area contributed by atoms with Gasteiger partial charge in [0.25, 0.3) is 0 Å². The number of hydrogen-bond acceptors (Lipinski definition) is 7. The normalized spacial score (nSPS) is 20.9. The summed E-state index contributed by atoms with van der Waals surface area (Å²) >= 11 is 0. The SMILES string of the molecule is Cc1cnc(N)nc1-c1cnc(NCC2(c3ncccc3F)CC(F)C2)nc1C. The number of nitrogens with one attached hydrogen (secondary N) is 1. The summed E-state index contributed by atoms with van der Waals surface area (Å²) in [6, 6.07) is 2.87. The van der Waals surface area contributed by atoms with Gasteiger partial charge < -0.3 is 11.1 Å². The van der Waals surface area contributed by atoms with E-state index >= 15 is 0 Å². The van der Waals surface area contributed by atoms with E-state index in [0.717, 1.165) is 11.1 Å². The lowest BCUT2D eigenvalue weighted by molar-refractivity contribution is 0.0963. The molecule has 0 spiro atoms. The van der Waals surface area contributed by atoms with Gasteiger partial charge >= 0.3 is 0 Å². The summed E-state index contributed by atoms with van der Waals surface area (Å²) in [7, 11) is 0. The maximum absolute atomic E-state index is 14.3. The maximum atomic E-state index is 14.3. The molecule has 29 heavy (non-hydrogen) atoms. The first kappa shape index (κ1) is 19.1. The van der Waals surface area contributed by atoms with Gasteiger partial charge in [0.15, 0.2) is 0 Å². The number of hydrogen-bond donors (Lipinski definition) is 2. The third kappa shape index (κ3) is 3.59. The van der Waals surface area contributed by atoms with Gasteiger partial charge in [-0.3, -0.25) is 4.98 Å². The van der Waals surface area contributed by atoms with Crippen molar-refractivity contribution in [3.63, 3.8) is 0 Å². The summed E-state index contributed by atoms with van der Waals surface area (Å²) in [6.45, 7) is 4.02. The third-order valence-electron chi connectivity index (χ3n) is 5.29. The minimum Gasteiger partial charge on any atom is -0.368 e. The first-order valence-electron chi connectivity index (χ1n) is 9.30. The predicted molar refractivity (Wildman–Crippen MR) is 105 cm³/mol. The van der Waals surface area contributed by atoms with Crippen molar-refractivity contribution in [2.45, 2.75) is 38.3 Å². The lowest BCUT2D eigenvalue weighted by atomic mass is 9.65. The minimum atomic E-state index is -0.963. The van der Waals surface area contributed by atoms with Crippen LogP contribution in [-0.4, -0.2) is 37.6 Å². The van der Waals surface area contributed by atoms with E-state index in [1.807, 2.05) is 13.8 Å². The number of nitrogens with two attached hydrogens (primary N) is 1. The van der Waals surface area contributed by atoms with E-state index < -0.39 is 17.4 Å². The quantitative estimate of drug-likeness (QED) is 0.682. The Morgan fingerprint density at radius 2 is 1.97 bits per heavy atom. The summed E-state index contributed by atoms with van der Waals surface area (Å²) in [5.41, 5.74) is 8.26. The van der Waals surface area contributed by atoms with Crippen LogP contribution in [0.15, 0.2) is 30.7 Å². The van der Waals surface area contributed by atoms with E-state index in [4.69, 9.17) is 5.73 Å². The Morgan fingerprint density at radius 3 is 2.66 bits per heavy atom. The Bertz CT molecular complexity index is 1050. The summed E-state index contributed by atoms with van der Waals surface area (Å²) in [4.78, 5) is 21.2. The Labute approximate surface area is 166 Å². The number of pyridine rings is 1. The zero-order valence-electron chi connectivity index (χ0n) is 16.2. The Morgan fingerprint density at radius 1 is 1.17 bits per heavy atom. The van der Waals surface area contributed by atoms with Crippen molar-refractivity contribution >= 4 is 11.9 Å². The molecule has 3 N–H and O–H groups in total. The van der Waals surface area contributed by atoms with E-state index in [9.17, 15) is 8.78 Å². The molecule has 0 aliphatic heterocycles. The number of anilines is 2. The number of nitrogens with zero attached hydrogens (tertiary/aromatic N) is 5. The molecule has 1 aliphatic rings. The van der Waals surface area contributed by atoms with Crippen LogP contribution in [0, 0.1) is 19.7 Å². The van der Waals surface area contributed by atoms with Crippen molar-refractivity contribution in [3.8, 4) is 11.3 Å². The highest BCUT2D eigenvalue weighted by molar-refractivity contribution is 5.65. The zero-order chi connectivity index (χ0) is 20.6. The molecule has 1 fully saturated rings. The molecule has 4 rings (SSSR count). The second-order valence-corrected chi connectivity index (χ2v) is 7.43. The molecular weight excluding hydrogens is 376 g/mol. The van der Waals surface area contributed by atoms with Crippen molar-refractivity contribution in [3.05, 3.63) is 53.5 Å². The maximum Gasteiger partial charge on any atom is 0.222 e. The van der Waals surface area contributed by atoms with Gasteiger partial charge in [-0.05, 0) is 44.4 Å². The van der Waals surface area contributed by atoms with Crippen LogP contribution in [0.3, 0.4) is 0 Å². The highest BCUT2D eigenvalue weighted by atomic mass is 19.1. The molecule has 0 bridgehead atoms. The molecule has 150 valence electrons. The van der Waals surface area contributed by atoms with E-state index in [-0.39, 0.29) is 24.5 Å². The van der Waals surface area contributed by atoms with Crippen molar-refractivity contribution in [1.29, 1.82) is 0 Å². The van der Waals surface area contributed by atoms with Gasteiger partial charge in [-0.15, -0.1) is 0 Å². The molecule has 0 unspecified atom stereocenters. The Hall–Kier alpha value is -3.23. The van der Waals surface area contributed by atoms with E-state index in [1.54, 1.807) is 12.4 Å². The molecule has 3 aromatic rings. The smallest absolute Gasteiger partial charge is 0.222 e. The monoisotopic (exact) mass is 397 g/mol. The van der Waals surface area contributed by atoms with Gasteiger partial charge in [0.05, 0.1) is 17.1 Å². The molecule has 0 aromatic carbocycles. The van der Waals surface area contributed by atoms with Crippen LogP contribution in [0.2, 0.25) is 0 Å². The van der Waals surface area contributed by atoms with Gasteiger partial charge in [-0.2, -0.15) is 0 Å². The van der Waals surface area contributed by atoms with E-state index in [1.165, 1.54) is 18.3 Å². The largest absolute Gasteiger partial charge is 0.368 e. The van der Waals surface area contributed by atoms with E-state index in [0.29, 0.717) is 23.9 Å². The second-order valence-electron chi connectivity index (χ2n) is 7.43. The average molecular weight is 397 g/mol. The number of aryl methyl sites for hydroxylation is 2. The first-order chi connectivity index (χ1) is 13.9. The van der Waals surface area contributed by atoms with Crippen molar-refractivity contribution in [1.82, 2.24) is 24.9 Å². The lowest BCUT2D eigenvalue weighted by Gasteiger charge is -2.43. The number of halogens is 2. The summed E-state index contributed by atoms with van der Waals surface area (Å²) in [5, 5.41) is 3.13. The fourth-order valence-corrected chi connectivity index (χ4v) is 3.75. The molecule has 0 atom stereocenters. The summed E-state index contributed by atoms with van der Waals surface area (Å²) < 4.78 is 28.0. The Kier molecular flexibility index (Phi) is 4.81. The van der Waals surface area contributed by atoms with Crippen LogP contribution in [-0.2, 0) is 5.41 Å². The Balaban J connectivity index is 1.56. The molecular formula is C20H21F2N7. The number of aromatic nitrogens is 5. The highest BCUT2D eigenvalue weighted by Crippen LogP contribution is 2.45. The fraction of sp³-hybridized carbons (Fsp3) is 0.350. The topological polar surface area (TPSA) is 102 Å². The van der Waals surface area contributed by atoms with Crippen LogP contribution in [0.4, 0.5) is 20.7 Å². The average Bonchev–Trinajstić information content (AvgIpc) is 2.67. The molecule has 1 aliphatic carbocycles. The van der Waals surface area contributed by atoms with Gasteiger partial charge in [-0.1, -0.05) is 0 Å². The van der Waals surface area contributed by atoms with Crippen molar-refractivity contribution in [2.75, 3.05) is 17.6 Å². The van der Waals surface area contributed by atoms with Crippen molar-refractivity contribution in [2.24, 2.45) is 0 Å². The highest BCUT2D eigenvalue weighted by Gasteiger charge is 2.48. The van der Waals surface area contributed by atoms with Gasteiger partial charge in [-0.25, -0.2) is 28.7 Å². The molecule has 0 saturated heterocycles. The molecule has 0 amide bonds. The van der Waals surface area contributed by atoms with Crippen LogP contribution < -0.4 is 11.1 Å². The first-order valence-corrected chi connectivity index (χ1v) is 9.30. The number of rotatable bonds is 5. The number of nitrogen functional groups attached to an aromatic ring is 1. The fourth-order valence-electron chi connectivity index (χ4n) is 3.75. The lowest BCUT2D eigenvalue weighted by Crippen LogP contribution is -2.49. The molecule has 3 heterocycles. The van der Waals surface area contributed by atoms with Crippen LogP contribution in [0.25, 0.3) is 11.3 Å². The molecule has 0 radical (unpaired) electrons. The molecule has 9 heteroatoms. The van der Waals surface area contributed by atoms with Crippen molar-refractivity contribution < 1.29 is 8.78 Å². The standard InChI is InChI=1S/C20H21F2N7/c1-11-8-25-18(23)29-16(11)14-9-26-19(28-12(14)2)27-10-20(6-13(21)7-20)17-15(22)4-3-5-24-17/h3-5,8-9,13H,6-7,10H2,1-2H3,(H2,23,25,29)(H,26,27,28). The molecule has 7 nitrogen and oxygen atoms in total. The third-order valence-corrected chi connectivity index (χ3v) is 5.29. The predicted octanol–water partition coefficient (Wildman–Crippen LogP) is 3.15. The zero-order valence-corrected chi connectivity index (χ0v) is 16.2. The minimum absolute atomic E-state index is 0.178. The van der Waals surface area contributed by atoms with E-state index in [2.05, 4.69) is 30.2 Å². The number of alkyl halides is 1. The van der Waals surface area contributed by atoms with Crippen LogP contribution in [0.5, 0.6) is 0 Å². The van der Waals surface area contributed by atoms with Gasteiger partial charge in [0, 0.05) is 36.1 Å². The van der Waals surface area contributed by atoms with Crippen LogP contribution >= 0.6 is 0 Å². The van der Waals surface area contributed by atoms with Gasteiger partial charge in [0.1, 0.15) is 12.0 Å². The van der Waals surface area contributed by atoms with Crippen LogP contribution in [0.1, 0.15) is 29.8 Å².